The van der Waals surface area contributed by atoms with Gasteiger partial charge in [-0.15, -0.1) is 0 Å². The molecule has 1 aromatic carbocycles. The highest BCUT2D eigenvalue weighted by molar-refractivity contribution is 5.58. The zero-order chi connectivity index (χ0) is 13.7. The molecule has 0 aliphatic carbocycles. The van der Waals surface area contributed by atoms with Crippen LogP contribution in [0.2, 0.25) is 0 Å². The van der Waals surface area contributed by atoms with Gasteiger partial charge in [-0.05, 0) is 25.5 Å². The number of benzene rings is 1. The number of hydrogen-bond donors (Lipinski definition) is 1. The molecular weight excluding hydrogens is 238 g/mol. The molecule has 0 saturated heterocycles. The maximum atomic E-state index is 5.35. The van der Waals surface area contributed by atoms with E-state index in [4.69, 9.17) is 4.52 Å². The van der Waals surface area contributed by atoms with Gasteiger partial charge >= 0.3 is 0 Å². The van der Waals surface area contributed by atoms with Crippen molar-refractivity contribution in [2.45, 2.75) is 39.7 Å². The molecule has 0 spiro atoms. The summed E-state index contributed by atoms with van der Waals surface area (Å²) in [5.41, 5.74) is 2.20. The van der Waals surface area contributed by atoms with E-state index < -0.39 is 0 Å². The van der Waals surface area contributed by atoms with Crippen LogP contribution in [0.4, 0.5) is 0 Å². The fourth-order valence-corrected chi connectivity index (χ4v) is 2.13. The summed E-state index contributed by atoms with van der Waals surface area (Å²) in [5, 5.41) is 7.49. The summed E-state index contributed by atoms with van der Waals surface area (Å²) < 4.78 is 5.35. The Balaban J connectivity index is 2.13. The van der Waals surface area contributed by atoms with Gasteiger partial charge in [0.1, 0.15) is 0 Å². The Hall–Kier alpha value is -1.68. The lowest BCUT2D eigenvalue weighted by Crippen LogP contribution is -2.30. The van der Waals surface area contributed by atoms with Crippen LogP contribution in [-0.4, -0.2) is 22.7 Å². The number of likely N-dealkylation sites (N-methyl/N-ethyl adjacent to an activating group) is 1. The van der Waals surface area contributed by atoms with Crippen molar-refractivity contribution >= 4 is 0 Å². The molecule has 0 saturated carbocycles. The van der Waals surface area contributed by atoms with E-state index in [2.05, 4.69) is 42.3 Å². The third-order valence-electron chi connectivity index (χ3n) is 3.26. The summed E-state index contributed by atoms with van der Waals surface area (Å²) in [7, 11) is 0. The van der Waals surface area contributed by atoms with Crippen molar-refractivity contribution in [3.63, 3.8) is 0 Å². The maximum absolute atomic E-state index is 5.35. The predicted molar refractivity (Wildman–Crippen MR) is 75.9 cm³/mol. The van der Waals surface area contributed by atoms with Crippen molar-refractivity contribution in [1.29, 1.82) is 0 Å². The summed E-state index contributed by atoms with van der Waals surface area (Å²) in [6.07, 6.45) is 1.83. The van der Waals surface area contributed by atoms with E-state index in [0.29, 0.717) is 17.8 Å². The van der Waals surface area contributed by atoms with Crippen LogP contribution in [0.1, 0.15) is 31.7 Å². The van der Waals surface area contributed by atoms with Crippen LogP contribution >= 0.6 is 0 Å². The average molecular weight is 259 g/mol. The van der Waals surface area contributed by atoms with Gasteiger partial charge in [-0.2, -0.15) is 4.98 Å². The van der Waals surface area contributed by atoms with Crippen molar-refractivity contribution in [2.24, 2.45) is 0 Å². The molecule has 2 aromatic rings. The summed E-state index contributed by atoms with van der Waals surface area (Å²) in [4.78, 5) is 4.49. The molecule has 1 heterocycles. The van der Waals surface area contributed by atoms with Gasteiger partial charge in [-0.3, -0.25) is 0 Å². The van der Waals surface area contributed by atoms with Crippen LogP contribution in [0.5, 0.6) is 0 Å². The molecule has 1 aromatic heterocycles. The first-order valence-electron chi connectivity index (χ1n) is 6.86. The number of nitrogens with one attached hydrogen (secondary N) is 1. The van der Waals surface area contributed by atoms with E-state index in [0.717, 1.165) is 30.5 Å². The van der Waals surface area contributed by atoms with Gasteiger partial charge in [-0.25, -0.2) is 0 Å². The molecule has 1 N–H and O–H groups in total. The van der Waals surface area contributed by atoms with E-state index in [1.54, 1.807) is 0 Å². The van der Waals surface area contributed by atoms with Crippen LogP contribution in [0, 0.1) is 6.92 Å². The van der Waals surface area contributed by atoms with Gasteiger partial charge in [0.25, 0.3) is 0 Å². The number of aromatic nitrogens is 2. The molecule has 1 atom stereocenters. The molecule has 19 heavy (non-hydrogen) atoms. The van der Waals surface area contributed by atoms with Crippen molar-refractivity contribution in [3.05, 3.63) is 35.7 Å². The van der Waals surface area contributed by atoms with E-state index in [-0.39, 0.29) is 0 Å². The largest absolute Gasteiger partial charge is 0.339 e. The van der Waals surface area contributed by atoms with Crippen LogP contribution in [0.3, 0.4) is 0 Å². The first-order valence-corrected chi connectivity index (χ1v) is 6.86. The van der Waals surface area contributed by atoms with Gasteiger partial charge in [0.2, 0.25) is 11.7 Å². The Kier molecular flexibility index (Phi) is 4.68. The van der Waals surface area contributed by atoms with Gasteiger partial charge in [0, 0.05) is 18.0 Å². The van der Waals surface area contributed by atoms with Crippen LogP contribution in [0.15, 0.2) is 28.8 Å². The summed E-state index contributed by atoms with van der Waals surface area (Å²) in [6.45, 7) is 7.28. The molecular formula is C15H21N3O. The monoisotopic (exact) mass is 259 g/mol. The van der Waals surface area contributed by atoms with Gasteiger partial charge in [-0.1, -0.05) is 43.3 Å². The minimum atomic E-state index is 0.398. The predicted octanol–water partition coefficient (Wildman–Crippen LogP) is 2.98. The summed E-state index contributed by atoms with van der Waals surface area (Å²) in [6, 6.07) is 8.48. The molecule has 102 valence electrons. The lowest BCUT2D eigenvalue weighted by molar-refractivity contribution is 0.355. The van der Waals surface area contributed by atoms with Crippen molar-refractivity contribution in [1.82, 2.24) is 15.5 Å². The number of rotatable bonds is 6. The quantitative estimate of drug-likeness (QED) is 0.866. The second-order valence-corrected chi connectivity index (χ2v) is 4.69. The normalized spacial score (nSPS) is 12.6. The highest BCUT2D eigenvalue weighted by atomic mass is 16.5. The third-order valence-corrected chi connectivity index (χ3v) is 3.26. The van der Waals surface area contributed by atoms with Crippen molar-refractivity contribution in [3.8, 4) is 11.4 Å². The first kappa shape index (κ1) is 13.7. The van der Waals surface area contributed by atoms with Crippen LogP contribution in [0.25, 0.3) is 11.4 Å². The Labute approximate surface area is 114 Å². The average Bonchev–Trinajstić information content (AvgIpc) is 2.87. The molecule has 1 unspecified atom stereocenters. The topological polar surface area (TPSA) is 51.0 Å². The van der Waals surface area contributed by atoms with E-state index >= 15 is 0 Å². The first-order chi connectivity index (χ1) is 9.24. The van der Waals surface area contributed by atoms with Gasteiger partial charge in [0.05, 0.1) is 0 Å². The molecule has 0 aliphatic heterocycles. The second-order valence-electron chi connectivity index (χ2n) is 4.69. The minimum Gasteiger partial charge on any atom is -0.339 e. The Morgan fingerprint density at radius 2 is 2.05 bits per heavy atom. The molecule has 4 heteroatoms. The Bertz CT molecular complexity index is 522. The highest BCUT2D eigenvalue weighted by Crippen LogP contribution is 2.20. The number of nitrogens with zero attached hydrogens (tertiary/aromatic N) is 2. The van der Waals surface area contributed by atoms with E-state index in [1.165, 1.54) is 0 Å². The zero-order valence-corrected chi connectivity index (χ0v) is 11.8. The lowest BCUT2D eigenvalue weighted by Gasteiger charge is -2.12. The Morgan fingerprint density at radius 1 is 1.26 bits per heavy atom. The molecule has 0 radical (unpaired) electrons. The molecule has 0 fully saturated rings. The summed E-state index contributed by atoms with van der Waals surface area (Å²) in [5.74, 6) is 1.38. The lowest BCUT2D eigenvalue weighted by atomic mass is 10.1. The third kappa shape index (κ3) is 3.41. The summed E-state index contributed by atoms with van der Waals surface area (Å²) >= 11 is 0. The number of aryl methyl sites for hydroxylation is 1. The van der Waals surface area contributed by atoms with Crippen molar-refractivity contribution in [2.75, 3.05) is 6.54 Å². The second kappa shape index (κ2) is 6.48. The highest BCUT2D eigenvalue weighted by Gasteiger charge is 2.14. The van der Waals surface area contributed by atoms with Crippen molar-refractivity contribution < 1.29 is 4.52 Å². The van der Waals surface area contributed by atoms with E-state index in [9.17, 15) is 0 Å². The van der Waals surface area contributed by atoms with Gasteiger partial charge in [0.15, 0.2) is 0 Å². The molecule has 0 bridgehead atoms. The molecule has 4 nitrogen and oxygen atoms in total. The van der Waals surface area contributed by atoms with Crippen LogP contribution < -0.4 is 5.32 Å². The number of hydrogen-bond acceptors (Lipinski definition) is 4. The SMILES string of the molecule is CCNC(CC)Cc1nc(-c2ccccc2C)no1. The standard InChI is InChI=1S/C15H21N3O/c1-4-12(16-5-2)10-14-17-15(18-19-14)13-9-7-6-8-11(13)3/h6-9,12,16H,4-5,10H2,1-3H3. The van der Waals surface area contributed by atoms with E-state index in [1.807, 2.05) is 18.2 Å². The zero-order valence-electron chi connectivity index (χ0n) is 11.8. The maximum Gasteiger partial charge on any atom is 0.228 e. The smallest absolute Gasteiger partial charge is 0.228 e. The fraction of sp³-hybridized carbons (Fsp3) is 0.467. The Morgan fingerprint density at radius 3 is 2.74 bits per heavy atom. The minimum absolute atomic E-state index is 0.398. The molecule has 2 rings (SSSR count). The fourth-order valence-electron chi connectivity index (χ4n) is 2.13. The van der Waals surface area contributed by atoms with Crippen LogP contribution in [-0.2, 0) is 6.42 Å². The molecule has 0 aliphatic rings. The molecule has 0 amide bonds. The van der Waals surface area contributed by atoms with Gasteiger partial charge < -0.3 is 9.84 Å².